The number of hydrogen-bond acceptors (Lipinski definition) is 2. The summed E-state index contributed by atoms with van der Waals surface area (Å²) in [5.74, 6) is -0.712. The van der Waals surface area contributed by atoms with Crippen molar-refractivity contribution in [2.45, 2.75) is 27.2 Å². The highest BCUT2D eigenvalue weighted by molar-refractivity contribution is 5.72. The van der Waals surface area contributed by atoms with Gasteiger partial charge >= 0.3 is 5.97 Å². The van der Waals surface area contributed by atoms with Gasteiger partial charge < -0.3 is 10.2 Å². The highest BCUT2D eigenvalue weighted by atomic mass is 16.4. The van der Waals surface area contributed by atoms with E-state index in [1.807, 2.05) is 20.8 Å². The van der Waals surface area contributed by atoms with Crippen molar-refractivity contribution in [1.82, 2.24) is 0 Å². The van der Waals surface area contributed by atoms with Crippen LogP contribution in [0, 0.1) is 22.7 Å². The molecule has 0 saturated heterocycles. The molecule has 1 saturated carbocycles. The van der Waals surface area contributed by atoms with Gasteiger partial charge in [-0.1, -0.05) is 20.8 Å². The van der Waals surface area contributed by atoms with E-state index in [0.29, 0.717) is 12.2 Å². The van der Waals surface area contributed by atoms with Crippen LogP contribution in [-0.4, -0.2) is 16.2 Å². The van der Waals surface area contributed by atoms with Crippen LogP contribution in [0.25, 0.3) is 0 Å². The number of aliphatic hydroxyl groups is 1. The largest absolute Gasteiger partial charge is 0.512 e. The highest BCUT2D eigenvalue weighted by Gasteiger charge is 2.63. The maximum atomic E-state index is 11.0. The summed E-state index contributed by atoms with van der Waals surface area (Å²) in [6.07, 6.45) is 2.30. The molecular weight excluding hydrogens is 180 g/mol. The van der Waals surface area contributed by atoms with Crippen molar-refractivity contribution in [2.24, 2.45) is 22.7 Å². The Hall–Kier alpha value is -0.990. The molecule has 0 heterocycles. The maximum absolute atomic E-state index is 11.0. The lowest BCUT2D eigenvalue weighted by molar-refractivity contribution is -0.143. The molecule has 3 atom stereocenters. The van der Waals surface area contributed by atoms with Crippen LogP contribution >= 0.6 is 0 Å². The molecular formula is C11H16O3. The molecule has 2 aliphatic carbocycles. The number of carboxylic acids is 1. The Labute approximate surface area is 83.4 Å². The predicted octanol–water partition coefficient (Wildman–Crippen LogP) is 2.20. The van der Waals surface area contributed by atoms with Gasteiger partial charge in [-0.05, 0) is 23.8 Å². The molecule has 0 radical (unpaired) electrons. The topological polar surface area (TPSA) is 57.5 Å². The molecule has 78 valence electrons. The van der Waals surface area contributed by atoms with Gasteiger partial charge in [0.1, 0.15) is 0 Å². The van der Waals surface area contributed by atoms with Gasteiger partial charge in [0.05, 0.1) is 11.7 Å². The Morgan fingerprint density at radius 1 is 1.50 bits per heavy atom. The van der Waals surface area contributed by atoms with Gasteiger partial charge in [-0.3, -0.25) is 4.79 Å². The Bertz CT molecular complexity index is 329. The van der Waals surface area contributed by atoms with Gasteiger partial charge in [-0.2, -0.15) is 0 Å². The average molecular weight is 196 g/mol. The highest BCUT2D eigenvalue weighted by Crippen LogP contribution is 2.66. The average Bonchev–Trinajstić information content (AvgIpc) is 2.34. The van der Waals surface area contributed by atoms with E-state index < -0.39 is 5.97 Å². The zero-order valence-corrected chi connectivity index (χ0v) is 8.74. The first-order valence-corrected chi connectivity index (χ1v) is 4.95. The van der Waals surface area contributed by atoms with E-state index in [-0.39, 0.29) is 22.7 Å². The van der Waals surface area contributed by atoms with Crippen LogP contribution in [0.1, 0.15) is 27.2 Å². The predicted molar refractivity (Wildman–Crippen MR) is 51.8 cm³/mol. The number of aliphatic hydroxyl groups excluding tert-OH is 1. The Balaban J connectivity index is 2.46. The van der Waals surface area contributed by atoms with E-state index in [0.717, 1.165) is 0 Å². The van der Waals surface area contributed by atoms with Crippen molar-refractivity contribution < 1.29 is 15.0 Å². The Kier molecular flexibility index (Phi) is 1.59. The standard InChI is InChI=1S/C11H16O3/c1-10(2)7-4-8(12)11(10,3)5-6(7)9(13)14/h4,6-7,12H,5H2,1-3H3,(H,13,14)/t6?,7-,11+/m1/s1. The van der Waals surface area contributed by atoms with E-state index in [9.17, 15) is 9.90 Å². The maximum Gasteiger partial charge on any atom is 0.307 e. The summed E-state index contributed by atoms with van der Waals surface area (Å²) in [5.41, 5.74) is -0.485. The summed E-state index contributed by atoms with van der Waals surface area (Å²) in [6, 6.07) is 0. The van der Waals surface area contributed by atoms with Crippen molar-refractivity contribution in [3.8, 4) is 0 Å². The molecule has 0 aromatic carbocycles. The number of fused-ring (bicyclic) bond motifs is 2. The number of carboxylic acid groups (broad SMARTS) is 1. The van der Waals surface area contributed by atoms with Crippen LogP contribution in [0.15, 0.2) is 11.8 Å². The molecule has 0 aromatic heterocycles. The van der Waals surface area contributed by atoms with E-state index in [1.54, 1.807) is 6.08 Å². The second-order valence-electron chi connectivity index (χ2n) is 5.28. The van der Waals surface area contributed by atoms with Crippen molar-refractivity contribution >= 4 is 5.97 Å². The first-order valence-electron chi connectivity index (χ1n) is 4.95. The summed E-state index contributed by atoms with van der Waals surface area (Å²) in [6.45, 7) is 6.04. The smallest absolute Gasteiger partial charge is 0.307 e. The third kappa shape index (κ3) is 0.805. The van der Waals surface area contributed by atoms with Gasteiger partial charge in [0, 0.05) is 5.41 Å². The fourth-order valence-corrected chi connectivity index (χ4v) is 3.05. The van der Waals surface area contributed by atoms with Crippen molar-refractivity contribution in [1.29, 1.82) is 0 Å². The minimum atomic E-state index is -0.740. The molecule has 3 heteroatoms. The molecule has 0 amide bonds. The zero-order chi connectivity index (χ0) is 10.7. The molecule has 0 aromatic rings. The summed E-state index contributed by atoms with van der Waals surface area (Å²) in [5, 5.41) is 18.8. The fraction of sp³-hybridized carbons (Fsp3) is 0.727. The summed E-state index contributed by atoms with van der Waals surface area (Å²) in [4.78, 5) is 11.0. The van der Waals surface area contributed by atoms with Gasteiger partial charge in [0.2, 0.25) is 0 Å². The number of carbonyl (C=O) groups is 1. The van der Waals surface area contributed by atoms with Crippen molar-refractivity contribution in [2.75, 3.05) is 0 Å². The lowest BCUT2D eigenvalue weighted by Gasteiger charge is -2.34. The summed E-state index contributed by atoms with van der Waals surface area (Å²) < 4.78 is 0. The Morgan fingerprint density at radius 3 is 2.36 bits per heavy atom. The molecule has 3 nitrogen and oxygen atoms in total. The van der Waals surface area contributed by atoms with E-state index in [2.05, 4.69) is 0 Å². The monoisotopic (exact) mass is 196 g/mol. The first-order chi connectivity index (χ1) is 6.30. The third-order valence-corrected chi connectivity index (χ3v) is 4.54. The van der Waals surface area contributed by atoms with Gasteiger partial charge in [-0.25, -0.2) is 0 Å². The van der Waals surface area contributed by atoms with E-state index in [1.165, 1.54) is 0 Å². The quantitative estimate of drug-likeness (QED) is 0.676. The van der Waals surface area contributed by atoms with E-state index >= 15 is 0 Å². The molecule has 2 N–H and O–H groups in total. The Morgan fingerprint density at radius 2 is 2.07 bits per heavy atom. The van der Waals surface area contributed by atoms with Crippen LogP contribution in [0.4, 0.5) is 0 Å². The second-order valence-corrected chi connectivity index (χ2v) is 5.28. The van der Waals surface area contributed by atoms with Gasteiger partial charge in [-0.15, -0.1) is 0 Å². The van der Waals surface area contributed by atoms with Crippen LogP contribution in [0.3, 0.4) is 0 Å². The first kappa shape index (κ1) is 9.56. The zero-order valence-electron chi connectivity index (χ0n) is 8.74. The summed E-state index contributed by atoms with van der Waals surface area (Å²) >= 11 is 0. The summed E-state index contributed by atoms with van der Waals surface area (Å²) in [7, 11) is 0. The lowest BCUT2D eigenvalue weighted by Crippen LogP contribution is -2.30. The molecule has 1 fully saturated rings. The normalized spacial score (nSPS) is 43.8. The number of rotatable bonds is 1. The molecule has 2 aliphatic rings. The van der Waals surface area contributed by atoms with Crippen LogP contribution < -0.4 is 0 Å². The van der Waals surface area contributed by atoms with Gasteiger partial charge in [0.15, 0.2) is 0 Å². The fourth-order valence-electron chi connectivity index (χ4n) is 3.05. The molecule has 1 unspecified atom stereocenters. The van der Waals surface area contributed by atoms with Crippen LogP contribution in [0.2, 0.25) is 0 Å². The minimum Gasteiger partial charge on any atom is -0.512 e. The molecule has 2 bridgehead atoms. The van der Waals surface area contributed by atoms with E-state index in [4.69, 9.17) is 5.11 Å². The van der Waals surface area contributed by atoms with Crippen molar-refractivity contribution in [3.63, 3.8) is 0 Å². The minimum absolute atomic E-state index is 0.0231. The number of aliphatic carboxylic acids is 1. The molecule has 0 aliphatic heterocycles. The van der Waals surface area contributed by atoms with Gasteiger partial charge in [0.25, 0.3) is 0 Å². The lowest BCUT2D eigenvalue weighted by atomic mass is 9.70. The van der Waals surface area contributed by atoms with Crippen LogP contribution in [0.5, 0.6) is 0 Å². The third-order valence-electron chi connectivity index (χ3n) is 4.54. The molecule has 14 heavy (non-hydrogen) atoms. The van der Waals surface area contributed by atoms with Crippen LogP contribution in [-0.2, 0) is 4.79 Å². The van der Waals surface area contributed by atoms with Crippen molar-refractivity contribution in [3.05, 3.63) is 11.8 Å². The number of hydrogen-bond donors (Lipinski definition) is 2. The number of allylic oxidation sites excluding steroid dienone is 2. The molecule has 0 spiro atoms. The second kappa shape index (κ2) is 2.33. The SMILES string of the molecule is CC1(C)[C@@H]2C=C(O)[C@]1(C)CC2C(=O)O. The molecule has 2 rings (SSSR count).